The molecule has 110 valence electrons. The largest absolute Gasteiger partial charge is 0.396 e. The molecule has 0 saturated carbocycles. The lowest BCUT2D eigenvalue weighted by Crippen LogP contribution is -2.26. The van der Waals surface area contributed by atoms with Crippen molar-refractivity contribution in [2.75, 3.05) is 38.0 Å². The minimum absolute atomic E-state index is 0.0213. The van der Waals surface area contributed by atoms with Crippen LogP contribution in [0.4, 0.5) is 11.8 Å². The zero-order valence-electron chi connectivity index (χ0n) is 11.9. The number of aromatic nitrogens is 2. The zero-order chi connectivity index (χ0) is 14.5. The Morgan fingerprint density at radius 1 is 1.45 bits per heavy atom. The number of methoxy groups -OCH3 is 1. The summed E-state index contributed by atoms with van der Waals surface area (Å²) >= 11 is 1.64. The Morgan fingerprint density at radius 3 is 2.90 bits per heavy atom. The molecule has 3 N–H and O–H groups in total. The van der Waals surface area contributed by atoms with E-state index in [-0.39, 0.29) is 12.6 Å². The van der Waals surface area contributed by atoms with E-state index in [1.165, 1.54) is 4.88 Å². The van der Waals surface area contributed by atoms with Gasteiger partial charge in [0.05, 0.1) is 18.0 Å². The molecule has 0 amide bonds. The summed E-state index contributed by atoms with van der Waals surface area (Å²) in [5, 5.41) is 16.4. The highest BCUT2D eigenvalue weighted by molar-refractivity contribution is 7.18. The highest BCUT2D eigenvalue weighted by Gasteiger charge is 2.14. The van der Waals surface area contributed by atoms with Crippen LogP contribution in [0.25, 0.3) is 10.2 Å². The molecule has 0 fully saturated rings. The molecule has 0 aliphatic carbocycles. The van der Waals surface area contributed by atoms with Gasteiger partial charge in [-0.2, -0.15) is 4.98 Å². The lowest BCUT2D eigenvalue weighted by Gasteiger charge is -2.18. The van der Waals surface area contributed by atoms with E-state index in [1.54, 1.807) is 25.5 Å². The predicted octanol–water partition coefficient (Wildman–Crippen LogP) is 1.85. The van der Waals surface area contributed by atoms with Crippen molar-refractivity contribution in [3.8, 4) is 0 Å². The second-order valence-corrected chi connectivity index (χ2v) is 5.77. The number of anilines is 2. The van der Waals surface area contributed by atoms with Crippen LogP contribution in [-0.2, 0) is 4.74 Å². The van der Waals surface area contributed by atoms with E-state index in [4.69, 9.17) is 9.84 Å². The molecule has 0 aliphatic heterocycles. The van der Waals surface area contributed by atoms with Gasteiger partial charge in [0, 0.05) is 25.6 Å². The summed E-state index contributed by atoms with van der Waals surface area (Å²) in [6, 6.07) is 2.10. The summed E-state index contributed by atoms with van der Waals surface area (Å²) in [5.74, 6) is 1.36. The molecular weight excluding hydrogens is 276 g/mol. The first-order valence-electron chi connectivity index (χ1n) is 6.50. The van der Waals surface area contributed by atoms with E-state index in [1.807, 2.05) is 0 Å². The van der Waals surface area contributed by atoms with Crippen LogP contribution in [-0.4, -0.2) is 48.5 Å². The Morgan fingerprint density at radius 2 is 2.25 bits per heavy atom. The third-order valence-corrected chi connectivity index (χ3v) is 3.87. The SMILES string of the molecule is CNc1nc(NC(CCO)COC)c2cc(C)sc2n1. The fourth-order valence-electron chi connectivity index (χ4n) is 2.01. The topological polar surface area (TPSA) is 79.3 Å². The molecule has 2 rings (SSSR count). The van der Waals surface area contributed by atoms with Crippen molar-refractivity contribution in [2.24, 2.45) is 0 Å². The van der Waals surface area contributed by atoms with Crippen LogP contribution in [0.3, 0.4) is 0 Å². The molecule has 0 aliphatic rings. The number of nitrogens with one attached hydrogen (secondary N) is 2. The molecule has 1 atom stereocenters. The van der Waals surface area contributed by atoms with E-state index in [2.05, 4.69) is 33.6 Å². The van der Waals surface area contributed by atoms with Crippen molar-refractivity contribution >= 4 is 33.3 Å². The molecular formula is C13H20N4O2S. The second-order valence-electron chi connectivity index (χ2n) is 4.53. The van der Waals surface area contributed by atoms with Gasteiger partial charge < -0.3 is 20.5 Å². The van der Waals surface area contributed by atoms with Gasteiger partial charge in [0.25, 0.3) is 0 Å². The number of aryl methyl sites for hydroxylation is 1. The normalized spacial score (nSPS) is 12.6. The fourth-order valence-corrected chi connectivity index (χ4v) is 2.89. The molecule has 2 aromatic rings. The minimum atomic E-state index is 0.0213. The second kappa shape index (κ2) is 6.83. The lowest BCUT2D eigenvalue weighted by atomic mass is 10.2. The van der Waals surface area contributed by atoms with Crippen LogP contribution in [0.15, 0.2) is 6.07 Å². The maximum Gasteiger partial charge on any atom is 0.225 e. The van der Waals surface area contributed by atoms with E-state index in [0.717, 1.165) is 16.0 Å². The zero-order valence-corrected chi connectivity index (χ0v) is 12.8. The molecule has 0 saturated heterocycles. The number of hydrogen-bond donors (Lipinski definition) is 3. The molecule has 2 aromatic heterocycles. The Hall–Kier alpha value is -1.44. The van der Waals surface area contributed by atoms with Gasteiger partial charge in [-0.15, -0.1) is 11.3 Å². The molecule has 0 spiro atoms. The Kier molecular flexibility index (Phi) is 5.11. The van der Waals surface area contributed by atoms with Crippen LogP contribution in [0.5, 0.6) is 0 Å². The number of rotatable bonds is 7. The molecule has 2 heterocycles. The smallest absolute Gasteiger partial charge is 0.225 e. The third-order valence-electron chi connectivity index (χ3n) is 2.93. The van der Waals surface area contributed by atoms with E-state index >= 15 is 0 Å². The van der Waals surface area contributed by atoms with Gasteiger partial charge in [-0.05, 0) is 19.4 Å². The molecule has 20 heavy (non-hydrogen) atoms. The van der Waals surface area contributed by atoms with Gasteiger partial charge in [0.1, 0.15) is 10.6 Å². The molecule has 7 heteroatoms. The van der Waals surface area contributed by atoms with Crippen LogP contribution < -0.4 is 10.6 Å². The first-order valence-corrected chi connectivity index (χ1v) is 7.31. The number of hydrogen-bond acceptors (Lipinski definition) is 7. The van der Waals surface area contributed by atoms with Crippen molar-refractivity contribution < 1.29 is 9.84 Å². The number of ether oxygens (including phenoxy) is 1. The summed E-state index contributed by atoms with van der Waals surface area (Å²) in [4.78, 5) is 11.1. The summed E-state index contributed by atoms with van der Waals surface area (Å²) < 4.78 is 5.17. The lowest BCUT2D eigenvalue weighted by molar-refractivity contribution is 0.170. The maximum atomic E-state index is 9.12. The molecule has 0 aromatic carbocycles. The van der Waals surface area contributed by atoms with Gasteiger partial charge in [-0.25, -0.2) is 4.98 Å². The molecule has 0 bridgehead atoms. The predicted molar refractivity (Wildman–Crippen MR) is 82.7 cm³/mol. The maximum absolute atomic E-state index is 9.12. The van der Waals surface area contributed by atoms with Gasteiger partial charge in [-0.3, -0.25) is 0 Å². The Bertz CT molecular complexity index is 567. The van der Waals surface area contributed by atoms with E-state index < -0.39 is 0 Å². The summed E-state index contributed by atoms with van der Waals surface area (Å²) in [7, 11) is 3.45. The van der Waals surface area contributed by atoms with Gasteiger partial charge >= 0.3 is 0 Å². The van der Waals surface area contributed by atoms with Crippen LogP contribution in [0.1, 0.15) is 11.3 Å². The van der Waals surface area contributed by atoms with Crippen molar-refractivity contribution in [2.45, 2.75) is 19.4 Å². The fraction of sp³-hybridized carbons (Fsp3) is 0.538. The Balaban J connectivity index is 2.35. The van der Waals surface area contributed by atoms with Crippen molar-refractivity contribution in [3.63, 3.8) is 0 Å². The summed E-state index contributed by atoms with van der Waals surface area (Å²) in [6.07, 6.45) is 0.608. The van der Waals surface area contributed by atoms with Gasteiger partial charge in [-0.1, -0.05) is 0 Å². The van der Waals surface area contributed by atoms with Gasteiger partial charge in [0.15, 0.2) is 0 Å². The summed E-state index contributed by atoms with van der Waals surface area (Å²) in [6.45, 7) is 2.68. The van der Waals surface area contributed by atoms with Crippen molar-refractivity contribution in [3.05, 3.63) is 10.9 Å². The van der Waals surface area contributed by atoms with Crippen LogP contribution in [0, 0.1) is 6.92 Å². The number of fused-ring (bicyclic) bond motifs is 1. The number of thiophene rings is 1. The summed E-state index contributed by atoms with van der Waals surface area (Å²) in [5.41, 5.74) is 0. The van der Waals surface area contributed by atoms with Crippen molar-refractivity contribution in [1.82, 2.24) is 9.97 Å². The van der Waals surface area contributed by atoms with Crippen molar-refractivity contribution in [1.29, 1.82) is 0 Å². The standard InChI is InChI=1S/C13H20N4O2S/c1-8-6-10-11(15-9(4-5-18)7-19-3)16-13(14-2)17-12(10)20-8/h6,9,18H,4-5,7H2,1-3H3,(H2,14,15,16,17). The van der Waals surface area contributed by atoms with Crippen LogP contribution >= 0.6 is 11.3 Å². The van der Waals surface area contributed by atoms with Crippen LogP contribution in [0.2, 0.25) is 0 Å². The van der Waals surface area contributed by atoms with Gasteiger partial charge in [0.2, 0.25) is 5.95 Å². The number of aliphatic hydroxyl groups is 1. The third kappa shape index (κ3) is 3.36. The number of nitrogens with zero attached hydrogens (tertiary/aromatic N) is 2. The molecule has 6 nitrogen and oxygen atoms in total. The average molecular weight is 296 g/mol. The first kappa shape index (κ1) is 15.0. The minimum Gasteiger partial charge on any atom is -0.396 e. The Labute approximate surface area is 122 Å². The quantitative estimate of drug-likeness (QED) is 0.723. The molecule has 1 unspecified atom stereocenters. The van der Waals surface area contributed by atoms with E-state index in [0.29, 0.717) is 19.0 Å². The van der Waals surface area contributed by atoms with E-state index in [9.17, 15) is 0 Å². The number of aliphatic hydroxyl groups excluding tert-OH is 1. The average Bonchev–Trinajstić information content (AvgIpc) is 2.79. The highest BCUT2D eigenvalue weighted by atomic mass is 32.1. The molecule has 0 radical (unpaired) electrons. The first-order chi connectivity index (χ1) is 9.67. The highest BCUT2D eigenvalue weighted by Crippen LogP contribution is 2.30. The monoisotopic (exact) mass is 296 g/mol.